The molecule has 0 saturated heterocycles. The van der Waals surface area contributed by atoms with E-state index in [1.54, 1.807) is 36.4 Å². The molecule has 0 aliphatic rings. The topological polar surface area (TPSA) is 148 Å². The van der Waals surface area contributed by atoms with Crippen LogP contribution in [0.15, 0.2) is 54.6 Å². The van der Waals surface area contributed by atoms with Gasteiger partial charge in [-0.15, -0.1) is 0 Å². The number of carboxylic acids is 3. The quantitative estimate of drug-likeness (QED) is 0.0674. The van der Waals surface area contributed by atoms with Gasteiger partial charge in [-0.1, -0.05) is 116 Å². The number of hydrogen-bond acceptors (Lipinski definition) is 9. The predicted molar refractivity (Wildman–Crippen MR) is 215 cm³/mol. The molecule has 0 saturated carbocycles. The van der Waals surface area contributed by atoms with Gasteiger partial charge in [0.2, 0.25) is 0 Å². The maximum absolute atomic E-state index is 11.1. The second-order valence-corrected chi connectivity index (χ2v) is 13.2. The number of unbranched alkanes of at least 4 members (excludes halogenated alkanes) is 6. The SMILES string of the molecule is CCCCOc1c(CCCC)cccc1C(=O)[O-].CCCCOc1c(CCCC)cccc1C(=O)[O-].CCCCOc1c(CCCC)cccc1C(=O)[O-].[Al+3]. The van der Waals surface area contributed by atoms with Gasteiger partial charge in [-0.05, 0) is 92.7 Å². The van der Waals surface area contributed by atoms with Gasteiger partial charge >= 0.3 is 17.4 Å². The van der Waals surface area contributed by atoms with Crippen LogP contribution >= 0.6 is 0 Å². The molecule has 0 radical (unpaired) electrons. The maximum Gasteiger partial charge on any atom is 3.00 e. The Hall–Kier alpha value is -4.00. The molecule has 0 aliphatic carbocycles. The van der Waals surface area contributed by atoms with E-state index >= 15 is 0 Å². The molecule has 3 aromatic rings. The minimum absolute atomic E-state index is 0. The molecule has 300 valence electrons. The Bertz CT molecular complexity index is 1340. The monoisotopic (exact) mass is 774 g/mol. The summed E-state index contributed by atoms with van der Waals surface area (Å²) in [4.78, 5) is 33.3. The minimum Gasteiger partial charge on any atom is -0.545 e. The number of hydrogen-bond donors (Lipinski definition) is 0. The Morgan fingerprint density at radius 2 is 0.655 bits per heavy atom. The molecule has 0 bridgehead atoms. The van der Waals surface area contributed by atoms with Crippen molar-refractivity contribution in [2.24, 2.45) is 0 Å². The first kappa shape index (κ1) is 51.0. The van der Waals surface area contributed by atoms with E-state index in [0.717, 1.165) is 113 Å². The van der Waals surface area contributed by atoms with Gasteiger partial charge in [0.15, 0.2) is 0 Å². The fourth-order valence-electron chi connectivity index (χ4n) is 5.40. The summed E-state index contributed by atoms with van der Waals surface area (Å²) in [5.74, 6) is -2.00. The number of carboxylic acid groups (broad SMARTS) is 3. The van der Waals surface area contributed by atoms with Crippen molar-refractivity contribution in [3.8, 4) is 17.2 Å². The molecule has 0 spiro atoms. The summed E-state index contributed by atoms with van der Waals surface area (Å²) in [7, 11) is 0. The zero-order valence-electron chi connectivity index (χ0n) is 34.2. The van der Waals surface area contributed by atoms with Crippen molar-refractivity contribution in [3.63, 3.8) is 0 Å². The number of rotatable bonds is 24. The molecule has 9 nitrogen and oxygen atoms in total. The van der Waals surface area contributed by atoms with Crippen LogP contribution in [0.4, 0.5) is 0 Å². The Balaban J connectivity index is 0.000000788. The number of carbonyl (C=O) groups is 3. The molecule has 3 aromatic carbocycles. The summed E-state index contributed by atoms with van der Waals surface area (Å²) in [6.45, 7) is 14.2. The molecule has 0 atom stereocenters. The van der Waals surface area contributed by atoms with E-state index in [2.05, 4.69) is 41.5 Å². The second kappa shape index (κ2) is 31.2. The van der Waals surface area contributed by atoms with Crippen LogP contribution in [-0.2, 0) is 19.3 Å². The molecule has 10 heteroatoms. The van der Waals surface area contributed by atoms with Gasteiger partial charge in [-0.2, -0.15) is 0 Å². The van der Waals surface area contributed by atoms with Crippen molar-refractivity contribution < 1.29 is 43.9 Å². The van der Waals surface area contributed by atoms with E-state index in [1.165, 1.54) is 0 Å². The van der Waals surface area contributed by atoms with E-state index in [-0.39, 0.29) is 34.1 Å². The predicted octanol–water partition coefficient (Wildman–Crippen LogP) is 7.33. The van der Waals surface area contributed by atoms with Gasteiger partial charge in [0.05, 0.1) is 37.7 Å². The summed E-state index contributed by atoms with van der Waals surface area (Å²) in [6, 6.07) is 15.7. The Morgan fingerprint density at radius 3 is 0.855 bits per heavy atom. The average molecular weight is 775 g/mol. The number of para-hydroxylation sites is 3. The van der Waals surface area contributed by atoms with Gasteiger partial charge in [0.25, 0.3) is 0 Å². The van der Waals surface area contributed by atoms with Crippen molar-refractivity contribution in [1.82, 2.24) is 0 Å². The third kappa shape index (κ3) is 19.4. The number of carbonyl (C=O) groups excluding carboxylic acids is 3. The van der Waals surface area contributed by atoms with E-state index in [1.807, 2.05) is 18.2 Å². The zero-order chi connectivity index (χ0) is 40.1. The van der Waals surface area contributed by atoms with Gasteiger partial charge < -0.3 is 43.9 Å². The third-order valence-corrected chi connectivity index (χ3v) is 8.58. The van der Waals surface area contributed by atoms with Crippen LogP contribution in [0.3, 0.4) is 0 Å². The molecule has 0 heterocycles. The fraction of sp³-hybridized carbons (Fsp3) is 0.533. The molecular formula is C45H63AlO9. The third-order valence-electron chi connectivity index (χ3n) is 8.58. The van der Waals surface area contributed by atoms with Crippen molar-refractivity contribution in [2.45, 2.75) is 138 Å². The van der Waals surface area contributed by atoms with Crippen LogP contribution in [0.25, 0.3) is 0 Å². The summed E-state index contributed by atoms with van der Waals surface area (Å²) in [5, 5.41) is 33.3. The number of ether oxygens (including phenoxy) is 3. The molecule has 0 unspecified atom stereocenters. The summed E-state index contributed by atoms with van der Waals surface area (Å²) < 4.78 is 16.9. The van der Waals surface area contributed by atoms with Crippen molar-refractivity contribution >= 4 is 35.3 Å². The van der Waals surface area contributed by atoms with Crippen LogP contribution in [-0.4, -0.2) is 55.1 Å². The molecule has 3 rings (SSSR count). The Labute approximate surface area is 340 Å². The molecule has 0 fully saturated rings. The summed E-state index contributed by atoms with van der Waals surface area (Å²) in [6.07, 6.45) is 14.7. The van der Waals surface area contributed by atoms with Crippen LogP contribution < -0.4 is 29.5 Å². The Kier molecular flexibility index (Phi) is 29.0. The largest absolute Gasteiger partial charge is 3.00 e. The van der Waals surface area contributed by atoms with E-state index in [4.69, 9.17) is 14.2 Å². The van der Waals surface area contributed by atoms with Gasteiger partial charge in [-0.25, -0.2) is 0 Å². The van der Waals surface area contributed by atoms with Crippen molar-refractivity contribution in [2.75, 3.05) is 19.8 Å². The van der Waals surface area contributed by atoms with Crippen molar-refractivity contribution in [1.29, 1.82) is 0 Å². The van der Waals surface area contributed by atoms with Crippen LogP contribution in [0.2, 0.25) is 0 Å². The molecule has 0 amide bonds. The summed E-state index contributed by atoms with van der Waals surface area (Å²) >= 11 is 0. The first-order valence-corrected chi connectivity index (χ1v) is 20.0. The normalized spacial score (nSPS) is 10.1. The van der Waals surface area contributed by atoms with Crippen LogP contribution in [0.5, 0.6) is 17.2 Å². The minimum atomic E-state index is -1.17. The molecule has 0 aromatic heterocycles. The van der Waals surface area contributed by atoms with E-state index in [0.29, 0.717) is 37.1 Å². The standard InChI is InChI=1S/3C15H22O3.Al/c3*1-3-5-8-12-9-7-10-13(15(16)17)14(12)18-11-6-4-2;/h3*7,9-10H,3-6,8,11H2,1-2H3,(H,16,17);/q;;;+3/p-3. The molecule has 0 N–H and O–H groups in total. The van der Waals surface area contributed by atoms with Crippen LogP contribution in [0.1, 0.15) is 166 Å². The molecule has 0 aliphatic heterocycles. The van der Waals surface area contributed by atoms with Gasteiger partial charge in [0.1, 0.15) is 17.2 Å². The summed E-state index contributed by atoms with van der Waals surface area (Å²) in [5.41, 5.74) is 3.40. The maximum atomic E-state index is 11.1. The molecular weight excluding hydrogens is 711 g/mol. The number of aryl methyl sites for hydroxylation is 3. The molecule has 55 heavy (non-hydrogen) atoms. The van der Waals surface area contributed by atoms with Crippen molar-refractivity contribution in [3.05, 3.63) is 88.0 Å². The smallest absolute Gasteiger partial charge is 0.545 e. The van der Waals surface area contributed by atoms with Gasteiger partial charge in [0, 0.05) is 16.7 Å². The first-order chi connectivity index (χ1) is 26.1. The Morgan fingerprint density at radius 1 is 0.418 bits per heavy atom. The zero-order valence-corrected chi connectivity index (χ0v) is 35.3. The van der Waals surface area contributed by atoms with Crippen LogP contribution in [0, 0.1) is 0 Å². The number of aromatic carboxylic acids is 3. The van der Waals surface area contributed by atoms with E-state index < -0.39 is 17.9 Å². The average Bonchev–Trinajstić information content (AvgIpc) is 3.16. The van der Waals surface area contributed by atoms with Gasteiger partial charge in [-0.3, -0.25) is 0 Å². The van der Waals surface area contributed by atoms with E-state index in [9.17, 15) is 29.7 Å². The fourth-order valence-corrected chi connectivity index (χ4v) is 5.40. The first-order valence-electron chi connectivity index (χ1n) is 20.0. The second-order valence-electron chi connectivity index (χ2n) is 13.2. The number of benzene rings is 3.